The Balaban J connectivity index is 1.99. The van der Waals surface area contributed by atoms with Crippen molar-refractivity contribution in [2.45, 2.75) is 20.0 Å². The average Bonchev–Trinajstić information content (AvgIpc) is 2.67. The number of carbonyl (C=O) groups is 3. The standard InChI is InChI=1S/C20H20FN3O4/c1-13(28-18-11-7-6-10-16(18)21)19(26)23-24-20(27)17(22-14(2)25)12-15-8-4-3-5-9-15/h3-13H,1-2H3,(H,22,25)(H,23,26)(H,24,27)/b17-12-/t13-/m0/s1. The third-order valence-corrected chi connectivity index (χ3v) is 3.47. The number of amides is 3. The van der Waals surface area contributed by atoms with Crippen LogP contribution in [0.4, 0.5) is 4.39 Å². The first-order valence-corrected chi connectivity index (χ1v) is 8.42. The number of benzene rings is 2. The van der Waals surface area contributed by atoms with Gasteiger partial charge in [0.1, 0.15) is 5.70 Å². The van der Waals surface area contributed by atoms with E-state index in [-0.39, 0.29) is 11.4 Å². The van der Waals surface area contributed by atoms with Crippen LogP contribution in [0.15, 0.2) is 60.3 Å². The molecule has 0 aliphatic carbocycles. The van der Waals surface area contributed by atoms with Crippen molar-refractivity contribution < 1.29 is 23.5 Å². The van der Waals surface area contributed by atoms with E-state index in [0.717, 1.165) is 0 Å². The number of halogens is 1. The Morgan fingerprint density at radius 1 is 1.00 bits per heavy atom. The highest BCUT2D eigenvalue weighted by molar-refractivity contribution is 6.01. The molecule has 0 aliphatic rings. The summed E-state index contributed by atoms with van der Waals surface area (Å²) in [4.78, 5) is 35.8. The second-order valence-electron chi connectivity index (χ2n) is 5.78. The van der Waals surface area contributed by atoms with Gasteiger partial charge in [0.15, 0.2) is 17.7 Å². The summed E-state index contributed by atoms with van der Waals surface area (Å²) in [6.07, 6.45) is 0.391. The van der Waals surface area contributed by atoms with Gasteiger partial charge in [-0.2, -0.15) is 0 Å². The summed E-state index contributed by atoms with van der Waals surface area (Å²) < 4.78 is 18.8. The highest BCUT2D eigenvalue weighted by Gasteiger charge is 2.18. The van der Waals surface area contributed by atoms with Crippen LogP contribution < -0.4 is 20.9 Å². The third kappa shape index (κ3) is 6.24. The molecule has 0 aliphatic heterocycles. The van der Waals surface area contributed by atoms with Crippen molar-refractivity contribution in [2.24, 2.45) is 0 Å². The van der Waals surface area contributed by atoms with Crippen molar-refractivity contribution in [2.75, 3.05) is 0 Å². The minimum absolute atomic E-state index is 0.0540. The van der Waals surface area contributed by atoms with Crippen molar-refractivity contribution >= 4 is 23.8 Å². The first-order valence-electron chi connectivity index (χ1n) is 8.42. The van der Waals surface area contributed by atoms with Gasteiger partial charge in [0.2, 0.25) is 5.91 Å². The molecule has 0 saturated heterocycles. The fraction of sp³-hybridized carbons (Fsp3) is 0.150. The molecule has 2 aromatic carbocycles. The maximum atomic E-state index is 13.6. The summed E-state index contributed by atoms with van der Waals surface area (Å²) >= 11 is 0. The number of para-hydroxylation sites is 1. The maximum absolute atomic E-state index is 13.6. The lowest BCUT2D eigenvalue weighted by molar-refractivity contribution is -0.131. The number of carbonyl (C=O) groups excluding carboxylic acids is 3. The minimum atomic E-state index is -1.07. The van der Waals surface area contributed by atoms with Crippen LogP contribution >= 0.6 is 0 Å². The van der Waals surface area contributed by atoms with Crippen molar-refractivity contribution in [3.8, 4) is 5.75 Å². The minimum Gasteiger partial charge on any atom is -0.478 e. The first-order chi connectivity index (χ1) is 13.4. The van der Waals surface area contributed by atoms with Crippen LogP contribution in [-0.4, -0.2) is 23.8 Å². The van der Waals surface area contributed by atoms with E-state index in [4.69, 9.17) is 4.74 Å². The molecule has 0 aromatic heterocycles. The molecule has 146 valence electrons. The molecule has 0 spiro atoms. The number of rotatable bonds is 6. The van der Waals surface area contributed by atoms with Gasteiger partial charge in [0.05, 0.1) is 0 Å². The Bertz CT molecular complexity index is 884. The van der Waals surface area contributed by atoms with Crippen LogP contribution in [0.3, 0.4) is 0 Å². The summed E-state index contributed by atoms with van der Waals surface area (Å²) in [5, 5.41) is 2.41. The van der Waals surface area contributed by atoms with E-state index in [1.165, 1.54) is 38.1 Å². The fourth-order valence-corrected chi connectivity index (χ4v) is 2.14. The van der Waals surface area contributed by atoms with Gasteiger partial charge in [-0.3, -0.25) is 25.2 Å². The van der Waals surface area contributed by atoms with Crippen LogP contribution in [0.1, 0.15) is 19.4 Å². The highest BCUT2D eigenvalue weighted by Crippen LogP contribution is 2.16. The molecular weight excluding hydrogens is 365 g/mol. The van der Waals surface area contributed by atoms with E-state index in [9.17, 15) is 18.8 Å². The lowest BCUT2D eigenvalue weighted by Crippen LogP contribution is -2.49. The van der Waals surface area contributed by atoms with Gasteiger partial charge in [-0.1, -0.05) is 42.5 Å². The second kappa shape index (κ2) is 9.86. The van der Waals surface area contributed by atoms with Crippen molar-refractivity contribution in [1.29, 1.82) is 0 Å². The molecule has 2 rings (SSSR count). The van der Waals surface area contributed by atoms with Gasteiger partial charge in [-0.15, -0.1) is 0 Å². The fourth-order valence-electron chi connectivity index (χ4n) is 2.14. The molecule has 0 bridgehead atoms. The molecule has 8 heteroatoms. The number of hydrogen-bond acceptors (Lipinski definition) is 4. The SMILES string of the molecule is CC(=O)N/C(=C\c1ccccc1)C(=O)NNC(=O)[C@H](C)Oc1ccccc1F. The lowest BCUT2D eigenvalue weighted by atomic mass is 10.2. The third-order valence-electron chi connectivity index (χ3n) is 3.47. The molecule has 1 atom stereocenters. The van der Waals surface area contributed by atoms with E-state index < -0.39 is 29.6 Å². The molecule has 28 heavy (non-hydrogen) atoms. The summed E-state index contributed by atoms with van der Waals surface area (Å²) in [5.41, 5.74) is 5.01. The molecular formula is C20H20FN3O4. The quantitative estimate of drug-likeness (QED) is 0.523. The molecule has 3 amide bonds. The van der Waals surface area contributed by atoms with Gasteiger partial charge in [0.25, 0.3) is 11.8 Å². The maximum Gasteiger partial charge on any atom is 0.286 e. The Hall–Kier alpha value is -3.68. The van der Waals surface area contributed by atoms with Crippen molar-refractivity contribution in [1.82, 2.24) is 16.2 Å². The van der Waals surface area contributed by atoms with Gasteiger partial charge >= 0.3 is 0 Å². The van der Waals surface area contributed by atoms with Crippen molar-refractivity contribution in [3.05, 3.63) is 71.7 Å². The molecule has 2 aromatic rings. The average molecular weight is 385 g/mol. The van der Waals surface area contributed by atoms with E-state index >= 15 is 0 Å². The number of ether oxygens (including phenoxy) is 1. The van der Waals surface area contributed by atoms with Gasteiger partial charge in [0, 0.05) is 6.92 Å². The molecule has 0 radical (unpaired) electrons. The van der Waals surface area contributed by atoms with Crippen LogP contribution in [0.5, 0.6) is 5.75 Å². The predicted octanol–water partition coefficient (Wildman–Crippen LogP) is 1.92. The lowest BCUT2D eigenvalue weighted by Gasteiger charge is -2.16. The topological polar surface area (TPSA) is 96.5 Å². The van der Waals surface area contributed by atoms with Crippen LogP contribution in [-0.2, 0) is 14.4 Å². The normalized spacial score (nSPS) is 11.9. The summed E-state index contributed by atoms with van der Waals surface area (Å²) in [6, 6.07) is 14.5. The van der Waals surface area contributed by atoms with E-state index in [0.29, 0.717) is 5.56 Å². The largest absolute Gasteiger partial charge is 0.478 e. The zero-order valence-electron chi connectivity index (χ0n) is 15.4. The zero-order valence-corrected chi connectivity index (χ0v) is 15.4. The monoisotopic (exact) mass is 385 g/mol. The number of nitrogens with one attached hydrogen (secondary N) is 3. The second-order valence-corrected chi connectivity index (χ2v) is 5.78. The van der Waals surface area contributed by atoms with Gasteiger partial charge in [-0.05, 0) is 30.7 Å². The van der Waals surface area contributed by atoms with Gasteiger partial charge < -0.3 is 10.1 Å². The molecule has 7 nitrogen and oxygen atoms in total. The summed E-state index contributed by atoms with van der Waals surface area (Å²) in [5.74, 6) is -2.56. The molecule has 0 fully saturated rings. The molecule has 0 unspecified atom stereocenters. The van der Waals surface area contributed by atoms with Crippen LogP contribution in [0.25, 0.3) is 6.08 Å². The first kappa shape index (κ1) is 20.6. The van der Waals surface area contributed by atoms with E-state index in [1.807, 2.05) is 6.07 Å². The van der Waals surface area contributed by atoms with E-state index in [1.54, 1.807) is 30.3 Å². The number of hydrazine groups is 1. The summed E-state index contributed by atoms with van der Waals surface area (Å²) in [6.45, 7) is 2.66. The molecule has 0 heterocycles. The van der Waals surface area contributed by atoms with Crippen LogP contribution in [0.2, 0.25) is 0 Å². The Morgan fingerprint density at radius 2 is 1.64 bits per heavy atom. The highest BCUT2D eigenvalue weighted by atomic mass is 19.1. The van der Waals surface area contributed by atoms with Crippen LogP contribution in [0, 0.1) is 5.82 Å². The predicted molar refractivity (Wildman–Crippen MR) is 101 cm³/mol. The Labute approximate surface area is 161 Å². The summed E-state index contributed by atoms with van der Waals surface area (Å²) in [7, 11) is 0. The Kier molecular flexibility index (Phi) is 7.27. The number of hydrogen-bond donors (Lipinski definition) is 3. The smallest absolute Gasteiger partial charge is 0.286 e. The van der Waals surface area contributed by atoms with Gasteiger partial charge in [-0.25, -0.2) is 4.39 Å². The zero-order chi connectivity index (χ0) is 20.5. The van der Waals surface area contributed by atoms with E-state index in [2.05, 4.69) is 16.2 Å². The Morgan fingerprint density at radius 3 is 2.29 bits per heavy atom. The molecule has 0 saturated carbocycles. The molecule has 3 N–H and O–H groups in total. The van der Waals surface area contributed by atoms with Crippen molar-refractivity contribution in [3.63, 3.8) is 0 Å².